The number of aliphatic hydroxyl groups is 1. The summed E-state index contributed by atoms with van der Waals surface area (Å²) >= 11 is 0. The second-order valence-electron chi connectivity index (χ2n) is 18.8. The van der Waals surface area contributed by atoms with Crippen LogP contribution in [0, 0.1) is 12.7 Å². The highest BCUT2D eigenvalue weighted by atomic mass is 19.1. The lowest BCUT2D eigenvalue weighted by Crippen LogP contribution is -2.52. The summed E-state index contributed by atoms with van der Waals surface area (Å²) < 4.78 is 32.9. The molecule has 23 nitrogen and oxygen atoms in total. The standard InChI is InChI=1S/C53H58FN9O14/c1-3-53(74)34-22-39-49-32(27-63(39)51(72)33(34)28-77-52(53)73)48-36(10-9-31-29(2)35(54)23-37(61-49)47(31)48)59-44(68)26-58-50(71)38(21-30-7-5-4-6-8-30)60-43(67)25-57-42(66)24-56-41(65)14-17-75-19-20-76-18-15-55-40(64)13-16-62-45(69)11-12-46(62)70/h4-8,11-12,22-23,36,38,74H,3,9-10,13-21,24-28H2,1-2H3,(H,55,64)(H,56,65)(H,57,66)(H,58,71)(H,59,68)(H,60,67)/t36-,38-,53-/m0/s1. The molecule has 8 rings (SSSR count). The highest BCUT2D eigenvalue weighted by Crippen LogP contribution is 2.46. The number of hydrogen-bond acceptors (Lipinski definition) is 15. The van der Waals surface area contributed by atoms with Crippen LogP contribution in [0.2, 0.25) is 0 Å². The summed E-state index contributed by atoms with van der Waals surface area (Å²) in [4.78, 5) is 133. The number of pyridine rings is 2. The van der Waals surface area contributed by atoms with Gasteiger partial charge >= 0.3 is 5.97 Å². The zero-order valence-electron chi connectivity index (χ0n) is 42.3. The molecule has 0 spiro atoms. The average molecular weight is 1060 g/mol. The van der Waals surface area contributed by atoms with Crippen LogP contribution in [0.1, 0.15) is 77.6 Å². The third-order valence-electron chi connectivity index (χ3n) is 13.8. The van der Waals surface area contributed by atoms with Gasteiger partial charge in [0, 0.05) is 67.1 Å². The maximum Gasteiger partial charge on any atom is 0.343 e. The topological polar surface area (TPSA) is 312 Å². The summed E-state index contributed by atoms with van der Waals surface area (Å²) in [6, 6.07) is 9.79. The van der Waals surface area contributed by atoms with Gasteiger partial charge in [0.15, 0.2) is 5.60 Å². The number of hydrogen-bond donors (Lipinski definition) is 7. The molecule has 406 valence electrons. The Balaban J connectivity index is 0.802. The molecule has 0 saturated heterocycles. The number of aryl methyl sites for hydroxylation is 1. The first-order chi connectivity index (χ1) is 37.0. The first-order valence-corrected chi connectivity index (χ1v) is 25.2. The minimum atomic E-state index is -2.07. The minimum absolute atomic E-state index is 0.0210. The number of carbonyl (C=O) groups excluding carboxylic acids is 9. The summed E-state index contributed by atoms with van der Waals surface area (Å²) in [5.74, 6) is -5.81. The van der Waals surface area contributed by atoms with Gasteiger partial charge in [-0.1, -0.05) is 37.3 Å². The van der Waals surface area contributed by atoms with Crippen LogP contribution >= 0.6 is 0 Å². The number of carbonyl (C=O) groups is 9. The molecule has 3 aliphatic heterocycles. The van der Waals surface area contributed by atoms with E-state index >= 15 is 4.39 Å². The molecule has 4 aliphatic rings. The van der Waals surface area contributed by atoms with Crippen molar-refractivity contribution in [1.82, 2.24) is 46.4 Å². The van der Waals surface area contributed by atoms with E-state index in [4.69, 9.17) is 19.2 Å². The van der Waals surface area contributed by atoms with Crippen molar-refractivity contribution in [2.24, 2.45) is 0 Å². The predicted molar refractivity (Wildman–Crippen MR) is 269 cm³/mol. The Labute approximate surface area is 439 Å². The van der Waals surface area contributed by atoms with Crippen molar-refractivity contribution in [3.63, 3.8) is 0 Å². The van der Waals surface area contributed by atoms with E-state index in [-0.39, 0.29) is 95.4 Å². The van der Waals surface area contributed by atoms with Gasteiger partial charge in [0.25, 0.3) is 17.4 Å². The Morgan fingerprint density at radius 2 is 1.52 bits per heavy atom. The highest BCUT2D eigenvalue weighted by Gasteiger charge is 2.46. The molecular weight excluding hydrogens is 1010 g/mol. The number of esters is 1. The third kappa shape index (κ3) is 12.4. The molecule has 0 saturated carbocycles. The Hall–Kier alpha value is -8.22. The fraction of sp³-hybridized carbons (Fsp3) is 0.415. The number of cyclic esters (lactones) is 1. The lowest BCUT2D eigenvalue weighted by molar-refractivity contribution is -0.172. The van der Waals surface area contributed by atoms with Crippen molar-refractivity contribution in [3.05, 3.63) is 110 Å². The molecule has 3 atom stereocenters. The summed E-state index contributed by atoms with van der Waals surface area (Å²) in [6.07, 6.45) is 2.85. The number of benzene rings is 2. The number of fused-ring (bicyclic) bond motifs is 5. The molecule has 77 heavy (non-hydrogen) atoms. The molecule has 1 aliphatic carbocycles. The first-order valence-electron chi connectivity index (χ1n) is 25.2. The van der Waals surface area contributed by atoms with Crippen LogP contribution in [-0.4, -0.2) is 138 Å². The number of halogens is 1. The van der Waals surface area contributed by atoms with Gasteiger partial charge in [0.05, 0.1) is 81.1 Å². The van der Waals surface area contributed by atoms with Crippen molar-refractivity contribution in [2.75, 3.05) is 59.2 Å². The van der Waals surface area contributed by atoms with Crippen LogP contribution in [0.15, 0.2) is 59.4 Å². The number of nitrogens with zero attached hydrogens (tertiary/aromatic N) is 3. The minimum Gasteiger partial charge on any atom is -0.458 e. The average Bonchev–Trinajstić information content (AvgIpc) is 4.08. The van der Waals surface area contributed by atoms with Gasteiger partial charge in [0.1, 0.15) is 18.5 Å². The van der Waals surface area contributed by atoms with E-state index in [1.165, 1.54) is 10.6 Å². The lowest BCUT2D eigenvalue weighted by atomic mass is 9.81. The van der Waals surface area contributed by atoms with Crippen LogP contribution < -0.4 is 37.5 Å². The number of nitrogens with one attached hydrogen (secondary N) is 6. The molecular formula is C53H58FN9O14. The Kier molecular flexibility index (Phi) is 17.3. The van der Waals surface area contributed by atoms with Crippen molar-refractivity contribution in [2.45, 2.75) is 83.2 Å². The number of aromatic nitrogens is 2. The van der Waals surface area contributed by atoms with E-state index in [0.717, 1.165) is 17.1 Å². The molecule has 2 aromatic carbocycles. The van der Waals surface area contributed by atoms with Crippen LogP contribution in [0.25, 0.3) is 22.3 Å². The van der Waals surface area contributed by atoms with Crippen molar-refractivity contribution >= 4 is 64.1 Å². The van der Waals surface area contributed by atoms with Gasteiger partial charge in [-0.05, 0) is 54.5 Å². The van der Waals surface area contributed by atoms with Crippen LogP contribution in [0.5, 0.6) is 0 Å². The molecule has 0 unspecified atom stereocenters. The molecule has 0 bridgehead atoms. The third-order valence-corrected chi connectivity index (χ3v) is 13.8. The quantitative estimate of drug-likeness (QED) is 0.0234. The largest absolute Gasteiger partial charge is 0.458 e. The number of amides is 8. The molecule has 4 aromatic rings. The second kappa shape index (κ2) is 24.2. The molecule has 7 N–H and O–H groups in total. The zero-order chi connectivity index (χ0) is 55.0. The van der Waals surface area contributed by atoms with Gasteiger partial charge in [-0.25, -0.2) is 14.2 Å². The number of ether oxygens (including phenoxy) is 3. The molecule has 2 aromatic heterocycles. The second-order valence-corrected chi connectivity index (χ2v) is 18.8. The molecule has 24 heteroatoms. The smallest absolute Gasteiger partial charge is 0.343 e. The maximum absolute atomic E-state index is 15.4. The zero-order valence-corrected chi connectivity index (χ0v) is 42.3. The Morgan fingerprint density at radius 1 is 0.831 bits per heavy atom. The fourth-order valence-corrected chi connectivity index (χ4v) is 9.75. The molecule has 0 radical (unpaired) electrons. The van der Waals surface area contributed by atoms with Gasteiger partial charge in [0.2, 0.25) is 35.4 Å². The summed E-state index contributed by atoms with van der Waals surface area (Å²) in [5.41, 5.74) is 1.67. The fourth-order valence-electron chi connectivity index (χ4n) is 9.75. The summed E-state index contributed by atoms with van der Waals surface area (Å²) in [6.45, 7) is 2.16. The van der Waals surface area contributed by atoms with Crippen LogP contribution in [0.4, 0.5) is 4.39 Å². The van der Waals surface area contributed by atoms with Gasteiger partial charge in [-0.2, -0.15) is 0 Å². The molecule has 0 fully saturated rings. The van der Waals surface area contributed by atoms with E-state index in [1.54, 1.807) is 50.2 Å². The van der Waals surface area contributed by atoms with E-state index in [2.05, 4.69) is 31.9 Å². The molecule has 8 amide bonds. The van der Waals surface area contributed by atoms with Crippen LogP contribution in [-0.2, 0) is 89.0 Å². The van der Waals surface area contributed by atoms with Crippen LogP contribution in [0.3, 0.4) is 0 Å². The SMILES string of the molecule is CC[C@@]1(O)C(=O)OCc2c1cc1n(c2=O)Cc2c-1nc1cc(F)c(C)c3c1c2[C@@H](NC(=O)CNC(=O)[C@H](Cc1ccccc1)NC(=O)CNC(=O)CNC(=O)CCOCCOCCNC(=O)CCN1C(=O)C=CC1=O)CC3. The number of rotatable bonds is 24. The van der Waals surface area contributed by atoms with E-state index in [9.17, 15) is 53.1 Å². The predicted octanol–water partition coefficient (Wildman–Crippen LogP) is -0.439. The molecule has 5 heterocycles. The Bertz CT molecular complexity index is 3130. The Morgan fingerprint density at radius 3 is 2.26 bits per heavy atom. The van der Waals surface area contributed by atoms with Crippen molar-refractivity contribution in [3.8, 4) is 11.4 Å². The maximum atomic E-state index is 15.4. The van der Waals surface area contributed by atoms with E-state index < -0.39 is 96.0 Å². The number of imide groups is 1. The van der Waals surface area contributed by atoms with Crippen molar-refractivity contribution < 1.29 is 66.9 Å². The lowest BCUT2D eigenvalue weighted by Gasteiger charge is -2.31. The summed E-state index contributed by atoms with van der Waals surface area (Å²) in [5, 5.41) is 27.7. The van der Waals surface area contributed by atoms with Gasteiger partial charge < -0.3 is 55.8 Å². The van der Waals surface area contributed by atoms with E-state index in [1.807, 2.05) is 0 Å². The van der Waals surface area contributed by atoms with E-state index in [0.29, 0.717) is 62.9 Å². The van der Waals surface area contributed by atoms with Gasteiger partial charge in [-0.3, -0.25) is 48.1 Å². The first kappa shape index (κ1) is 55.0. The van der Waals surface area contributed by atoms with Gasteiger partial charge in [-0.15, -0.1) is 0 Å². The summed E-state index contributed by atoms with van der Waals surface area (Å²) in [7, 11) is 0. The highest BCUT2D eigenvalue weighted by molar-refractivity contribution is 6.13. The monoisotopic (exact) mass is 1060 g/mol. The normalized spacial score (nSPS) is 17.2. The van der Waals surface area contributed by atoms with Crippen molar-refractivity contribution in [1.29, 1.82) is 0 Å².